The first-order chi connectivity index (χ1) is 13.8. The predicted molar refractivity (Wildman–Crippen MR) is 102 cm³/mol. The third-order valence-electron chi connectivity index (χ3n) is 5.61. The predicted octanol–water partition coefficient (Wildman–Crippen LogP) is 2.29. The third-order valence-corrected chi connectivity index (χ3v) is 5.61. The van der Waals surface area contributed by atoms with Gasteiger partial charge in [0, 0.05) is 43.0 Å². The molecule has 1 saturated carbocycles. The van der Waals surface area contributed by atoms with Gasteiger partial charge in [-0.2, -0.15) is 0 Å². The van der Waals surface area contributed by atoms with Crippen molar-refractivity contribution in [3.05, 3.63) is 54.4 Å². The van der Waals surface area contributed by atoms with E-state index in [1.807, 2.05) is 33.8 Å². The maximum Gasteiger partial charge on any atom is 0.253 e. The lowest BCUT2D eigenvalue weighted by atomic mass is 9.97. The molecule has 1 saturated heterocycles. The number of hydrogen-bond acceptors (Lipinski definition) is 5. The molecule has 0 unspecified atom stereocenters. The normalized spacial score (nSPS) is 19.7. The average Bonchev–Trinajstić information content (AvgIpc) is 3.23. The van der Waals surface area contributed by atoms with Crippen molar-refractivity contribution in [3.8, 4) is 5.69 Å². The van der Waals surface area contributed by atoms with Gasteiger partial charge in [0.2, 0.25) is 0 Å². The van der Waals surface area contributed by atoms with Crippen molar-refractivity contribution in [2.75, 3.05) is 13.1 Å². The van der Waals surface area contributed by atoms with Crippen molar-refractivity contribution in [2.24, 2.45) is 5.92 Å². The van der Waals surface area contributed by atoms with Crippen molar-refractivity contribution in [3.63, 3.8) is 0 Å². The molecule has 3 heterocycles. The molecule has 5 rings (SSSR count). The molecule has 0 bridgehead atoms. The molecule has 0 radical (unpaired) electrons. The van der Waals surface area contributed by atoms with Gasteiger partial charge in [-0.3, -0.25) is 14.0 Å². The van der Waals surface area contributed by atoms with Crippen molar-refractivity contribution >= 4 is 5.91 Å². The number of benzene rings is 1. The third kappa shape index (κ3) is 3.54. The first-order valence-corrected chi connectivity index (χ1v) is 9.90. The summed E-state index contributed by atoms with van der Waals surface area (Å²) >= 11 is 0. The highest BCUT2D eigenvalue weighted by molar-refractivity contribution is 5.94. The fourth-order valence-electron chi connectivity index (χ4n) is 3.95. The second-order valence-electron chi connectivity index (χ2n) is 7.82. The van der Waals surface area contributed by atoms with Crippen LogP contribution in [0.15, 0.2) is 43.1 Å². The van der Waals surface area contributed by atoms with Crippen LogP contribution in [0.2, 0.25) is 0 Å². The van der Waals surface area contributed by atoms with Crippen LogP contribution in [0.25, 0.3) is 5.69 Å². The minimum atomic E-state index is 0.0804. The quantitative estimate of drug-likeness (QED) is 0.681. The van der Waals surface area contributed by atoms with E-state index in [2.05, 4.69) is 26.7 Å². The van der Waals surface area contributed by atoms with E-state index in [9.17, 15) is 4.79 Å². The maximum atomic E-state index is 13.1. The molecule has 0 N–H and O–H groups in total. The number of rotatable bonds is 5. The SMILES string of the molecule is O=C(c1cccc(-n2cnnc2)c1)N1CCC[C@H](Cn2cc(C3CC3)nn2)C1. The number of nitrogens with zero attached hydrogens (tertiary/aromatic N) is 7. The largest absolute Gasteiger partial charge is 0.338 e. The summed E-state index contributed by atoms with van der Waals surface area (Å²) in [6, 6.07) is 7.62. The molecule has 2 fully saturated rings. The van der Waals surface area contributed by atoms with Gasteiger partial charge in [-0.15, -0.1) is 15.3 Å². The highest BCUT2D eigenvalue weighted by atomic mass is 16.2. The first-order valence-electron chi connectivity index (χ1n) is 9.90. The number of amides is 1. The zero-order valence-electron chi connectivity index (χ0n) is 15.7. The molecule has 8 heteroatoms. The summed E-state index contributed by atoms with van der Waals surface area (Å²) in [5, 5.41) is 16.3. The van der Waals surface area contributed by atoms with E-state index in [1.165, 1.54) is 12.8 Å². The van der Waals surface area contributed by atoms with Crippen LogP contribution in [0.3, 0.4) is 0 Å². The van der Waals surface area contributed by atoms with E-state index in [1.54, 1.807) is 17.2 Å². The summed E-state index contributed by atoms with van der Waals surface area (Å²) in [5.74, 6) is 1.11. The zero-order chi connectivity index (χ0) is 18.9. The molecular formula is C20H23N7O. The Bertz CT molecular complexity index is 961. The van der Waals surface area contributed by atoms with Gasteiger partial charge in [0.1, 0.15) is 12.7 Å². The molecule has 2 aromatic heterocycles. The van der Waals surface area contributed by atoms with Gasteiger partial charge < -0.3 is 4.90 Å². The number of hydrogen-bond donors (Lipinski definition) is 0. The average molecular weight is 377 g/mol. The van der Waals surface area contributed by atoms with E-state index in [4.69, 9.17) is 0 Å². The second-order valence-corrected chi connectivity index (χ2v) is 7.82. The number of carbonyl (C=O) groups is 1. The number of carbonyl (C=O) groups excluding carboxylic acids is 1. The minimum Gasteiger partial charge on any atom is -0.338 e. The summed E-state index contributed by atoms with van der Waals surface area (Å²) < 4.78 is 3.76. The first kappa shape index (κ1) is 17.1. The standard InChI is InChI=1S/C20H23N7O/c28-20(17-4-1-5-18(9-17)26-13-21-22-14-26)25-8-2-3-15(10-25)11-27-12-19(23-24-27)16-6-7-16/h1,4-5,9,12-16H,2-3,6-8,10-11H2/t15-/m0/s1. The molecule has 1 aliphatic carbocycles. The smallest absolute Gasteiger partial charge is 0.253 e. The summed E-state index contributed by atoms with van der Waals surface area (Å²) in [4.78, 5) is 15.0. The second kappa shape index (κ2) is 7.18. The van der Waals surface area contributed by atoms with Crippen molar-refractivity contribution in [2.45, 2.75) is 38.1 Å². The van der Waals surface area contributed by atoms with Crippen LogP contribution >= 0.6 is 0 Å². The van der Waals surface area contributed by atoms with E-state index in [0.717, 1.165) is 43.9 Å². The Hall–Kier alpha value is -3.03. The summed E-state index contributed by atoms with van der Waals surface area (Å²) in [5.41, 5.74) is 2.71. The molecule has 8 nitrogen and oxygen atoms in total. The Morgan fingerprint density at radius 1 is 1.14 bits per heavy atom. The van der Waals surface area contributed by atoms with Crippen LogP contribution in [-0.2, 0) is 6.54 Å². The molecule has 144 valence electrons. The zero-order valence-corrected chi connectivity index (χ0v) is 15.7. The Morgan fingerprint density at radius 3 is 2.82 bits per heavy atom. The van der Waals surface area contributed by atoms with Gasteiger partial charge in [-0.05, 0) is 49.8 Å². The molecule has 1 atom stereocenters. The van der Waals surface area contributed by atoms with Crippen LogP contribution in [0.4, 0.5) is 0 Å². The lowest BCUT2D eigenvalue weighted by molar-refractivity contribution is 0.0659. The van der Waals surface area contributed by atoms with E-state index in [0.29, 0.717) is 17.4 Å². The lowest BCUT2D eigenvalue weighted by Crippen LogP contribution is -2.41. The van der Waals surface area contributed by atoms with Gasteiger partial charge in [0.25, 0.3) is 5.91 Å². The van der Waals surface area contributed by atoms with Crippen molar-refractivity contribution in [1.29, 1.82) is 0 Å². The molecule has 28 heavy (non-hydrogen) atoms. The minimum absolute atomic E-state index is 0.0804. The van der Waals surface area contributed by atoms with Gasteiger partial charge >= 0.3 is 0 Å². The van der Waals surface area contributed by atoms with E-state index in [-0.39, 0.29) is 5.91 Å². The van der Waals surface area contributed by atoms with Crippen LogP contribution in [-0.4, -0.2) is 53.7 Å². The molecule has 3 aromatic rings. The molecule has 1 aliphatic heterocycles. The van der Waals surface area contributed by atoms with E-state index < -0.39 is 0 Å². The summed E-state index contributed by atoms with van der Waals surface area (Å²) in [6.07, 6.45) is 9.95. The fraction of sp³-hybridized carbons (Fsp3) is 0.450. The summed E-state index contributed by atoms with van der Waals surface area (Å²) in [7, 11) is 0. The number of piperidine rings is 1. The Balaban J connectivity index is 1.26. The Kier molecular flexibility index (Phi) is 4.38. The summed E-state index contributed by atoms with van der Waals surface area (Å²) in [6.45, 7) is 2.38. The topological polar surface area (TPSA) is 81.7 Å². The fourth-order valence-corrected chi connectivity index (χ4v) is 3.95. The van der Waals surface area contributed by atoms with Gasteiger partial charge in [0.15, 0.2) is 0 Å². The number of aromatic nitrogens is 6. The Labute approximate surface area is 163 Å². The highest BCUT2D eigenvalue weighted by Crippen LogP contribution is 2.38. The molecule has 0 spiro atoms. The van der Waals surface area contributed by atoms with Crippen molar-refractivity contribution < 1.29 is 4.79 Å². The molecule has 1 aromatic carbocycles. The number of likely N-dealkylation sites (tertiary alicyclic amines) is 1. The van der Waals surface area contributed by atoms with Gasteiger partial charge in [0.05, 0.1) is 5.69 Å². The van der Waals surface area contributed by atoms with Crippen molar-refractivity contribution in [1.82, 2.24) is 34.7 Å². The van der Waals surface area contributed by atoms with Crippen LogP contribution < -0.4 is 0 Å². The molecule has 1 amide bonds. The van der Waals surface area contributed by atoms with Crippen LogP contribution in [0.5, 0.6) is 0 Å². The monoisotopic (exact) mass is 377 g/mol. The van der Waals surface area contributed by atoms with Crippen LogP contribution in [0, 0.1) is 5.92 Å². The van der Waals surface area contributed by atoms with Gasteiger partial charge in [-0.1, -0.05) is 11.3 Å². The molecule has 2 aliphatic rings. The van der Waals surface area contributed by atoms with Crippen LogP contribution in [0.1, 0.15) is 47.7 Å². The Morgan fingerprint density at radius 2 is 2.00 bits per heavy atom. The lowest BCUT2D eigenvalue weighted by Gasteiger charge is -2.32. The maximum absolute atomic E-state index is 13.1. The van der Waals surface area contributed by atoms with E-state index >= 15 is 0 Å². The highest BCUT2D eigenvalue weighted by Gasteiger charge is 2.28. The van der Waals surface area contributed by atoms with Gasteiger partial charge in [-0.25, -0.2) is 0 Å². The molecular weight excluding hydrogens is 354 g/mol.